The number of benzene rings is 4. The lowest BCUT2D eigenvalue weighted by Crippen LogP contribution is -2.17. The largest absolute Gasteiger partial charge is 0.309 e. The maximum Gasteiger partial charge on any atom is 0.0544 e. The van der Waals surface area contributed by atoms with Crippen LogP contribution in [0.15, 0.2) is 109 Å². The molecular weight excluding hydrogens is 434 g/mol. The highest BCUT2D eigenvalue weighted by Gasteiger charge is 2.38. The number of para-hydroxylation sites is 1. The first-order valence-electron chi connectivity index (χ1n) is 13.3. The molecule has 0 atom stereocenters. The maximum absolute atomic E-state index is 2.47. The topological polar surface area (TPSA) is 4.93 Å². The zero-order chi connectivity index (χ0) is 24.9. The number of hydrogen-bond donors (Lipinski definition) is 0. The standard InChI is InChI=1S/C33H27N.C2H6/c1-33(2)29-14-8-6-12-25(29)27-20-28-26-13-7-9-15-31(26)34(32(28)21-30(27)33)24-18-16-23(17-19-24)22-10-4-3-5-11-22;1-2/h3-7,9-13,15-21H,8,14H2,1-2H3;1-2H3. The Balaban J connectivity index is 0.00000117. The average molecular weight is 468 g/mol. The van der Waals surface area contributed by atoms with Gasteiger partial charge in [0.15, 0.2) is 0 Å². The van der Waals surface area contributed by atoms with Crippen molar-refractivity contribution in [3.8, 4) is 16.8 Å². The summed E-state index contributed by atoms with van der Waals surface area (Å²) in [5.74, 6) is 0. The van der Waals surface area contributed by atoms with Crippen LogP contribution in [0, 0.1) is 0 Å². The number of nitrogens with zero attached hydrogens (tertiary/aromatic N) is 1. The lowest BCUT2D eigenvalue weighted by atomic mass is 9.78. The molecule has 0 aliphatic heterocycles. The summed E-state index contributed by atoms with van der Waals surface area (Å²) in [7, 11) is 0. The molecule has 36 heavy (non-hydrogen) atoms. The van der Waals surface area contributed by atoms with Crippen molar-refractivity contribution >= 4 is 27.4 Å². The van der Waals surface area contributed by atoms with E-state index in [0.29, 0.717) is 0 Å². The summed E-state index contributed by atoms with van der Waals surface area (Å²) in [5.41, 5.74) is 12.3. The quantitative estimate of drug-likeness (QED) is 0.243. The minimum Gasteiger partial charge on any atom is -0.309 e. The van der Waals surface area contributed by atoms with Crippen molar-refractivity contribution in [1.29, 1.82) is 0 Å². The van der Waals surface area contributed by atoms with E-state index in [0.717, 1.165) is 6.42 Å². The van der Waals surface area contributed by atoms with Gasteiger partial charge in [0.2, 0.25) is 0 Å². The van der Waals surface area contributed by atoms with E-state index in [9.17, 15) is 0 Å². The van der Waals surface area contributed by atoms with Crippen molar-refractivity contribution in [2.24, 2.45) is 0 Å². The van der Waals surface area contributed by atoms with E-state index in [1.54, 1.807) is 5.57 Å². The Morgan fingerprint density at radius 2 is 1.39 bits per heavy atom. The minimum atomic E-state index is 0.0715. The highest BCUT2D eigenvalue weighted by Crippen LogP contribution is 2.51. The molecule has 0 amide bonds. The zero-order valence-corrected chi connectivity index (χ0v) is 21.7. The van der Waals surface area contributed by atoms with Crippen molar-refractivity contribution in [3.05, 3.63) is 120 Å². The van der Waals surface area contributed by atoms with Gasteiger partial charge >= 0.3 is 0 Å². The van der Waals surface area contributed by atoms with Crippen molar-refractivity contribution in [3.63, 3.8) is 0 Å². The smallest absolute Gasteiger partial charge is 0.0544 e. The molecule has 2 aliphatic carbocycles. The Kier molecular flexibility index (Phi) is 5.45. The molecule has 1 heterocycles. The lowest BCUT2D eigenvalue weighted by Gasteiger charge is -2.25. The first-order chi connectivity index (χ1) is 17.6. The fourth-order valence-corrected chi connectivity index (χ4v) is 6.19. The number of rotatable bonds is 2. The second-order valence-electron chi connectivity index (χ2n) is 10.1. The van der Waals surface area contributed by atoms with Crippen LogP contribution < -0.4 is 0 Å². The Bertz CT molecular complexity index is 1640. The molecule has 0 fully saturated rings. The average Bonchev–Trinajstić information content (AvgIpc) is 3.38. The molecule has 0 spiro atoms. The monoisotopic (exact) mass is 467 g/mol. The number of allylic oxidation sites excluding steroid dienone is 4. The second-order valence-corrected chi connectivity index (χ2v) is 10.1. The first kappa shape index (κ1) is 22.6. The van der Waals surface area contributed by atoms with Gasteiger partial charge in [-0.25, -0.2) is 0 Å². The zero-order valence-electron chi connectivity index (χ0n) is 21.7. The molecule has 1 heteroatoms. The van der Waals surface area contributed by atoms with Gasteiger partial charge in [0.1, 0.15) is 0 Å². The third-order valence-corrected chi connectivity index (χ3v) is 7.93. The van der Waals surface area contributed by atoms with Crippen LogP contribution >= 0.6 is 0 Å². The molecule has 0 radical (unpaired) electrons. The van der Waals surface area contributed by atoms with Crippen LogP contribution in [0.25, 0.3) is 44.2 Å². The highest BCUT2D eigenvalue weighted by molar-refractivity contribution is 6.11. The second kappa shape index (κ2) is 8.68. The fraction of sp³-hybridized carbons (Fsp3) is 0.200. The number of fused-ring (bicyclic) bond motifs is 5. The summed E-state index contributed by atoms with van der Waals surface area (Å²) in [6.45, 7) is 8.81. The Morgan fingerprint density at radius 1 is 0.694 bits per heavy atom. The van der Waals surface area contributed by atoms with Gasteiger partial charge in [-0.05, 0) is 71.0 Å². The third-order valence-electron chi connectivity index (χ3n) is 7.93. The van der Waals surface area contributed by atoms with Crippen LogP contribution in [0.4, 0.5) is 0 Å². The Hall–Kier alpha value is -3.84. The molecule has 2 aliphatic rings. The van der Waals surface area contributed by atoms with E-state index in [1.807, 2.05) is 13.8 Å². The number of aromatic nitrogens is 1. The first-order valence-corrected chi connectivity index (χ1v) is 13.3. The van der Waals surface area contributed by atoms with E-state index in [4.69, 9.17) is 0 Å². The summed E-state index contributed by atoms with van der Waals surface area (Å²) >= 11 is 0. The van der Waals surface area contributed by atoms with Crippen LogP contribution in [0.5, 0.6) is 0 Å². The Morgan fingerprint density at radius 3 is 2.17 bits per heavy atom. The summed E-state index contributed by atoms with van der Waals surface area (Å²) in [6, 6.07) is 33.4. The van der Waals surface area contributed by atoms with Crippen LogP contribution in [0.2, 0.25) is 0 Å². The van der Waals surface area contributed by atoms with Crippen molar-refractivity contribution in [2.45, 2.75) is 46.0 Å². The van der Waals surface area contributed by atoms with Gasteiger partial charge in [-0.15, -0.1) is 0 Å². The normalized spacial score (nSPS) is 15.6. The van der Waals surface area contributed by atoms with Gasteiger partial charge in [0.05, 0.1) is 11.0 Å². The molecule has 7 rings (SSSR count). The van der Waals surface area contributed by atoms with E-state index in [2.05, 4.69) is 122 Å². The fourth-order valence-electron chi connectivity index (χ4n) is 6.19. The molecular formula is C35H33N. The molecule has 1 aromatic heterocycles. The van der Waals surface area contributed by atoms with E-state index in [1.165, 1.54) is 61.7 Å². The molecule has 0 saturated carbocycles. The van der Waals surface area contributed by atoms with Crippen molar-refractivity contribution in [2.75, 3.05) is 0 Å². The third kappa shape index (κ3) is 3.30. The van der Waals surface area contributed by atoms with E-state index < -0.39 is 0 Å². The maximum atomic E-state index is 2.47. The van der Waals surface area contributed by atoms with E-state index in [-0.39, 0.29) is 5.41 Å². The predicted octanol–water partition coefficient (Wildman–Crippen LogP) is 9.87. The molecule has 5 aromatic rings. The highest BCUT2D eigenvalue weighted by atomic mass is 15.0. The van der Waals surface area contributed by atoms with Gasteiger partial charge < -0.3 is 4.57 Å². The van der Waals surface area contributed by atoms with Gasteiger partial charge in [0, 0.05) is 21.9 Å². The molecule has 0 bridgehead atoms. The van der Waals surface area contributed by atoms with Gasteiger partial charge in [-0.1, -0.05) is 106 Å². The summed E-state index contributed by atoms with van der Waals surface area (Å²) < 4.78 is 2.45. The van der Waals surface area contributed by atoms with Gasteiger partial charge in [-0.3, -0.25) is 0 Å². The van der Waals surface area contributed by atoms with Crippen molar-refractivity contribution < 1.29 is 0 Å². The van der Waals surface area contributed by atoms with Crippen molar-refractivity contribution in [1.82, 2.24) is 4.57 Å². The lowest BCUT2D eigenvalue weighted by molar-refractivity contribution is 0.608. The van der Waals surface area contributed by atoms with E-state index >= 15 is 0 Å². The SMILES string of the molecule is CC.CC1(C)C2=C(C=CCC2)c2cc3c4ccccc4n(-c4ccc(-c5ccccc5)cc4)c3cc21. The number of hydrogen-bond acceptors (Lipinski definition) is 0. The summed E-state index contributed by atoms with van der Waals surface area (Å²) in [4.78, 5) is 0. The molecule has 0 saturated heterocycles. The van der Waals surface area contributed by atoms with Gasteiger partial charge in [0.25, 0.3) is 0 Å². The summed E-state index contributed by atoms with van der Waals surface area (Å²) in [6.07, 6.45) is 7.02. The minimum absolute atomic E-state index is 0.0715. The Labute approximate surface area is 214 Å². The van der Waals surface area contributed by atoms with Crippen LogP contribution in [-0.2, 0) is 5.41 Å². The van der Waals surface area contributed by atoms with Crippen LogP contribution in [0.3, 0.4) is 0 Å². The molecule has 0 unspecified atom stereocenters. The molecule has 4 aromatic carbocycles. The summed E-state index contributed by atoms with van der Waals surface area (Å²) in [5, 5.41) is 2.66. The molecule has 0 N–H and O–H groups in total. The van der Waals surface area contributed by atoms with Crippen LogP contribution in [0.1, 0.15) is 51.7 Å². The molecule has 1 nitrogen and oxygen atoms in total. The molecule has 178 valence electrons. The van der Waals surface area contributed by atoms with Crippen LogP contribution in [-0.4, -0.2) is 4.57 Å². The predicted molar refractivity (Wildman–Crippen MR) is 156 cm³/mol. The van der Waals surface area contributed by atoms with Gasteiger partial charge in [-0.2, -0.15) is 0 Å².